The number of benzene rings is 2. The maximum Gasteiger partial charge on any atom is 0.253 e. The van der Waals surface area contributed by atoms with Gasteiger partial charge in [-0.25, -0.2) is 0 Å². The number of rotatable bonds is 6. The molecular formula is C28H35N3O2. The van der Waals surface area contributed by atoms with Gasteiger partial charge in [0.2, 0.25) is 0 Å². The Labute approximate surface area is 197 Å². The monoisotopic (exact) mass is 445 g/mol. The number of carbonyl (C=O) groups is 1. The molecule has 1 N–H and O–H groups in total. The van der Waals surface area contributed by atoms with E-state index in [4.69, 9.17) is 0 Å². The van der Waals surface area contributed by atoms with E-state index in [9.17, 15) is 9.90 Å². The number of hydrogen-bond donors (Lipinski definition) is 1. The van der Waals surface area contributed by atoms with Crippen LogP contribution in [0.2, 0.25) is 0 Å². The Morgan fingerprint density at radius 1 is 1.03 bits per heavy atom. The summed E-state index contributed by atoms with van der Waals surface area (Å²) in [5.74, 6) is 0.375. The number of phenolic OH excluding ortho intramolecular Hbond substituents is 1. The van der Waals surface area contributed by atoms with Gasteiger partial charge in [-0.2, -0.15) is 0 Å². The number of hydrogen-bond acceptors (Lipinski definition) is 4. The third-order valence-corrected chi connectivity index (χ3v) is 7.67. The molecule has 0 spiro atoms. The molecule has 0 aromatic heterocycles. The van der Waals surface area contributed by atoms with Crippen molar-refractivity contribution in [3.63, 3.8) is 0 Å². The minimum Gasteiger partial charge on any atom is -0.508 e. The van der Waals surface area contributed by atoms with E-state index in [0.717, 1.165) is 68.8 Å². The zero-order chi connectivity index (χ0) is 22.8. The number of nitrogens with zero attached hydrogens (tertiary/aromatic N) is 3. The Hall–Kier alpha value is -2.63. The Morgan fingerprint density at radius 2 is 1.85 bits per heavy atom. The summed E-state index contributed by atoms with van der Waals surface area (Å²) < 4.78 is 0. The third kappa shape index (κ3) is 4.71. The van der Waals surface area contributed by atoms with Gasteiger partial charge in [-0.3, -0.25) is 14.6 Å². The molecule has 5 heteroatoms. The highest BCUT2D eigenvalue weighted by molar-refractivity contribution is 5.96. The summed E-state index contributed by atoms with van der Waals surface area (Å²) in [6, 6.07) is 14.8. The van der Waals surface area contributed by atoms with Gasteiger partial charge in [-0.15, -0.1) is 6.58 Å². The fourth-order valence-electron chi connectivity index (χ4n) is 5.94. The average Bonchev–Trinajstić information content (AvgIpc) is 3.44. The highest BCUT2D eigenvalue weighted by atomic mass is 16.3. The average molecular weight is 446 g/mol. The van der Waals surface area contributed by atoms with Crippen molar-refractivity contribution in [2.45, 2.75) is 50.7 Å². The van der Waals surface area contributed by atoms with Crippen molar-refractivity contribution < 1.29 is 9.90 Å². The van der Waals surface area contributed by atoms with Crippen LogP contribution >= 0.6 is 0 Å². The van der Waals surface area contributed by atoms with Crippen LogP contribution < -0.4 is 0 Å². The van der Waals surface area contributed by atoms with Gasteiger partial charge in [0, 0.05) is 56.9 Å². The van der Waals surface area contributed by atoms with Crippen molar-refractivity contribution in [2.75, 3.05) is 32.7 Å². The minimum absolute atomic E-state index is 0.121. The Balaban J connectivity index is 1.46. The molecule has 33 heavy (non-hydrogen) atoms. The number of amides is 1. The second-order valence-corrected chi connectivity index (χ2v) is 9.82. The van der Waals surface area contributed by atoms with Crippen LogP contribution in [0.4, 0.5) is 0 Å². The lowest BCUT2D eigenvalue weighted by Gasteiger charge is -2.29. The van der Waals surface area contributed by atoms with E-state index in [-0.39, 0.29) is 11.7 Å². The van der Waals surface area contributed by atoms with Crippen LogP contribution in [-0.4, -0.2) is 70.5 Å². The van der Waals surface area contributed by atoms with Gasteiger partial charge >= 0.3 is 0 Å². The molecule has 3 saturated heterocycles. The highest BCUT2D eigenvalue weighted by Crippen LogP contribution is 2.35. The number of phenols is 1. The van der Waals surface area contributed by atoms with Crippen LogP contribution in [-0.2, 0) is 6.54 Å². The van der Waals surface area contributed by atoms with Gasteiger partial charge in [0.1, 0.15) is 5.75 Å². The molecule has 0 aliphatic carbocycles. The van der Waals surface area contributed by atoms with Gasteiger partial charge in [0.25, 0.3) is 5.91 Å². The number of fused-ring (bicyclic) bond motifs is 2. The van der Waals surface area contributed by atoms with Gasteiger partial charge < -0.3 is 10.0 Å². The topological polar surface area (TPSA) is 47.0 Å². The number of likely N-dealkylation sites (tertiary alicyclic amines) is 2. The Bertz CT molecular complexity index is 1010. The second-order valence-electron chi connectivity index (χ2n) is 9.82. The first-order valence-corrected chi connectivity index (χ1v) is 12.4. The molecule has 2 atom stereocenters. The zero-order valence-corrected chi connectivity index (χ0v) is 19.5. The molecule has 3 aliphatic heterocycles. The molecule has 174 valence electrons. The third-order valence-electron chi connectivity index (χ3n) is 7.67. The van der Waals surface area contributed by atoms with E-state index in [1.54, 1.807) is 6.07 Å². The van der Waals surface area contributed by atoms with Crippen LogP contribution in [0.3, 0.4) is 0 Å². The van der Waals surface area contributed by atoms with Gasteiger partial charge in [-0.05, 0) is 73.1 Å². The summed E-state index contributed by atoms with van der Waals surface area (Å²) in [6.07, 6.45) is 7.88. The predicted molar refractivity (Wildman–Crippen MR) is 132 cm³/mol. The molecule has 3 heterocycles. The van der Waals surface area contributed by atoms with E-state index in [0.29, 0.717) is 12.1 Å². The van der Waals surface area contributed by atoms with E-state index in [2.05, 4.69) is 28.5 Å². The summed E-state index contributed by atoms with van der Waals surface area (Å²) in [5, 5.41) is 10.1. The highest BCUT2D eigenvalue weighted by Gasteiger charge is 2.37. The lowest BCUT2D eigenvalue weighted by Crippen LogP contribution is -2.38. The second kappa shape index (κ2) is 9.70. The van der Waals surface area contributed by atoms with Gasteiger partial charge in [0.05, 0.1) is 0 Å². The maximum atomic E-state index is 13.1. The summed E-state index contributed by atoms with van der Waals surface area (Å²) in [6.45, 7) is 9.68. The molecule has 0 radical (unpaired) electrons. The zero-order valence-electron chi connectivity index (χ0n) is 19.5. The Kier molecular flexibility index (Phi) is 6.52. The fourth-order valence-corrected chi connectivity index (χ4v) is 5.94. The molecular weight excluding hydrogens is 410 g/mol. The molecule has 2 unspecified atom stereocenters. The van der Waals surface area contributed by atoms with E-state index in [1.807, 2.05) is 35.2 Å². The van der Waals surface area contributed by atoms with Crippen LogP contribution in [0.5, 0.6) is 5.75 Å². The first-order valence-electron chi connectivity index (χ1n) is 12.4. The maximum absolute atomic E-state index is 13.1. The first-order chi connectivity index (χ1) is 16.1. The lowest BCUT2D eigenvalue weighted by atomic mass is 9.95. The lowest BCUT2D eigenvalue weighted by molar-refractivity contribution is 0.0793. The first kappa shape index (κ1) is 22.2. The summed E-state index contributed by atoms with van der Waals surface area (Å²) in [7, 11) is 0. The molecule has 5 rings (SSSR count). The minimum atomic E-state index is 0.121. The summed E-state index contributed by atoms with van der Waals surface area (Å²) >= 11 is 0. The largest absolute Gasteiger partial charge is 0.508 e. The number of aromatic hydroxyl groups is 1. The summed E-state index contributed by atoms with van der Waals surface area (Å²) in [4.78, 5) is 20.3. The molecule has 5 nitrogen and oxygen atoms in total. The van der Waals surface area contributed by atoms with E-state index in [1.165, 1.54) is 24.8 Å². The normalized spacial score (nSPS) is 23.6. The van der Waals surface area contributed by atoms with Crippen molar-refractivity contribution in [3.8, 4) is 16.9 Å². The van der Waals surface area contributed by atoms with Crippen molar-refractivity contribution in [1.82, 2.24) is 14.7 Å². The van der Waals surface area contributed by atoms with Crippen LogP contribution in [0.25, 0.3) is 11.1 Å². The van der Waals surface area contributed by atoms with E-state index < -0.39 is 0 Å². The quantitative estimate of drug-likeness (QED) is 0.664. The van der Waals surface area contributed by atoms with Crippen molar-refractivity contribution in [3.05, 3.63) is 66.2 Å². The molecule has 0 saturated carbocycles. The molecule has 3 fully saturated rings. The van der Waals surface area contributed by atoms with Crippen molar-refractivity contribution >= 4 is 5.91 Å². The van der Waals surface area contributed by atoms with Gasteiger partial charge in [-0.1, -0.05) is 24.3 Å². The molecule has 3 aliphatic rings. The standard InChI is InChI=1S/C28H35N3O2/c1-2-13-29-16-12-24-10-11-25(20-29)31(24)19-23-9-8-22(28(33)30-14-3-4-15-30)18-27(23)21-6-5-7-26(32)17-21/h2,5-9,17-18,24-25,32H,1,3-4,10-16,19-20H2. The summed E-state index contributed by atoms with van der Waals surface area (Å²) in [5.41, 5.74) is 4.00. The fraction of sp³-hybridized carbons (Fsp3) is 0.464. The molecule has 2 bridgehead atoms. The number of carbonyl (C=O) groups excluding carboxylic acids is 1. The van der Waals surface area contributed by atoms with E-state index >= 15 is 0 Å². The molecule has 1 amide bonds. The van der Waals surface area contributed by atoms with Crippen molar-refractivity contribution in [2.24, 2.45) is 0 Å². The van der Waals surface area contributed by atoms with Crippen LogP contribution in [0.1, 0.15) is 48.0 Å². The molecule has 2 aromatic rings. The smallest absolute Gasteiger partial charge is 0.253 e. The van der Waals surface area contributed by atoms with Crippen LogP contribution in [0.15, 0.2) is 55.1 Å². The van der Waals surface area contributed by atoms with Gasteiger partial charge in [0.15, 0.2) is 0 Å². The van der Waals surface area contributed by atoms with Crippen LogP contribution in [0, 0.1) is 0 Å². The molecule has 2 aromatic carbocycles. The predicted octanol–water partition coefficient (Wildman–Crippen LogP) is 4.52. The van der Waals surface area contributed by atoms with Crippen molar-refractivity contribution in [1.29, 1.82) is 0 Å². The Morgan fingerprint density at radius 3 is 2.64 bits per heavy atom. The SMILES string of the molecule is C=CCN1CCC2CCC(C1)N2Cc1ccc(C(=O)N2CCCC2)cc1-c1cccc(O)c1.